The summed E-state index contributed by atoms with van der Waals surface area (Å²) in [4.78, 5) is 0. The van der Waals surface area contributed by atoms with Gasteiger partial charge in [0, 0.05) is 23.2 Å². The molecule has 1 aromatic rings. The van der Waals surface area contributed by atoms with Crippen molar-refractivity contribution in [2.24, 2.45) is 0 Å². The molecular formula is C13H18BrNO. The molecule has 0 spiro atoms. The molecule has 0 aromatic heterocycles. The van der Waals surface area contributed by atoms with Crippen molar-refractivity contribution in [3.05, 3.63) is 34.3 Å². The molecule has 1 saturated heterocycles. The van der Waals surface area contributed by atoms with E-state index in [1.165, 1.54) is 18.4 Å². The van der Waals surface area contributed by atoms with Crippen LogP contribution in [-0.2, 0) is 4.74 Å². The van der Waals surface area contributed by atoms with Crippen molar-refractivity contribution in [2.45, 2.75) is 31.8 Å². The van der Waals surface area contributed by atoms with E-state index >= 15 is 0 Å². The summed E-state index contributed by atoms with van der Waals surface area (Å²) in [5.74, 6) is 0. The fourth-order valence-corrected chi connectivity index (χ4v) is 2.51. The van der Waals surface area contributed by atoms with Crippen molar-refractivity contribution in [1.82, 2.24) is 5.32 Å². The Labute approximate surface area is 106 Å². The molecule has 1 N–H and O–H groups in total. The van der Waals surface area contributed by atoms with Gasteiger partial charge in [0.05, 0.1) is 6.61 Å². The molecule has 1 unspecified atom stereocenters. The lowest BCUT2D eigenvalue weighted by molar-refractivity contribution is 0.0671. The Bertz CT molecular complexity index is 336. The first-order valence-electron chi connectivity index (χ1n) is 5.85. The Balaban J connectivity index is 1.94. The van der Waals surface area contributed by atoms with E-state index in [1.54, 1.807) is 0 Å². The zero-order valence-electron chi connectivity index (χ0n) is 9.58. The first kappa shape index (κ1) is 12.1. The van der Waals surface area contributed by atoms with E-state index < -0.39 is 0 Å². The summed E-state index contributed by atoms with van der Waals surface area (Å²) in [5.41, 5.74) is 1.32. The first-order chi connectivity index (χ1) is 7.75. The van der Waals surface area contributed by atoms with Gasteiger partial charge in [0.1, 0.15) is 0 Å². The Hall–Kier alpha value is -0.380. The molecular weight excluding hydrogens is 266 g/mol. The summed E-state index contributed by atoms with van der Waals surface area (Å²) in [6.07, 6.45) is 2.39. The van der Waals surface area contributed by atoms with Crippen molar-refractivity contribution in [3.8, 4) is 0 Å². The van der Waals surface area contributed by atoms with Gasteiger partial charge in [-0.15, -0.1) is 0 Å². The van der Waals surface area contributed by atoms with Gasteiger partial charge in [-0.2, -0.15) is 0 Å². The zero-order valence-corrected chi connectivity index (χ0v) is 11.2. The molecule has 16 heavy (non-hydrogen) atoms. The summed E-state index contributed by atoms with van der Waals surface area (Å²) in [7, 11) is 0. The van der Waals surface area contributed by atoms with E-state index in [2.05, 4.69) is 52.4 Å². The lowest BCUT2D eigenvalue weighted by atomic mass is 10.1. The van der Waals surface area contributed by atoms with Crippen LogP contribution in [0.5, 0.6) is 0 Å². The number of benzene rings is 1. The van der Waals surface area contributed by atoms with Gasteiger partial charge in [0.2, 0.25) is 0 Å². The van der Waals surface area contributed by atoms with Crippen molar-refractivity contribution < 1.29 is 4.74 Å². The lowest BCUT2D eigenvalue weighted by Crippen LogP contribution is -2.38. The highest BCUT2D eigenvalue weighted by Crippen LogP contribution is 2.19. The molecule has 1 heterocycles. The maximum absolute atomic E-state index is 5.47. The average molecular weight is 284 g/mol. The Kier molecular flexibility index (Phi) is 4.38. The molecule has 1 aromatic carbocycles. The van der Waals surface area contributed by atoms with Crippen molar-refractivity contribution in [3.63, 3.8) is 0 Å². The van der Waals surface area contributed by atoms with Crippen LogP contribution in [-0.4, -0.2) is 19.3 Å². The molecule has 1 aliphatic rings. The molecule has 88 valence electrons. The summed E-state index contributed by atoms with van der Waals surface area (Å²) in [6, 6.07) is 9.34. The number of halogens is 1. The van der Waals surface area contributed by atoms with Crippen LogP contribution in [0.2, 0.25) is 0 Å². The van der Waals surface area contributed by atoms with E-state index in [1.807, 2.05) is 0 Å². The fourth-order valence-electron chi connectivity index (χ4n) is 2.10. The monoisotopic (exact) mass is 283 g/mol. The van der Waals surface area contributed by atoms with Gasteiger partial charge in [-0.05, 0) is 37.5 Å². The quantitative estimate of drug-likeness (QED) is 0.919. The first-order valence-corrected chi connectivity index (χ1v) is 6.64. The second kappa shape index (κ2) is 5.80. The predicted molar refractivity (Wildman–Crippen MR) is 69.5 cm³/mol. The maximum Gasteiger partial charge on any atom is 0.0619 e. The third-order valence-electron chi connectivity index (χ3n) is 2.99. The molecule has 1 fully saturated rings. The second-order valence-electron chi connectivity index (χ2n) is 4.36. The van der Waals surface area contributed by atoms with Crippen LogP contribution < -0.4 is 5.32 Å². The number of nitrogens with one attached hydrogen (secondary N) is 1. The zero-order chi connectivity index (χ0) is 11.4. The minimum atomic E-state index is 0.379. The van der Waals surface area contributed by atoms with E-state index in [4.69, 9.17) is 4.74 Å². The molecule has 0 amide bonds. The number of rotatable bonds is 3. The van der Waals surface area contributed by atoms with Crippen molar-refractivity contribution in [1.29, 1.82) is 0 Å². The summed E-state index contributed by atoms with van der Waals surface area (Å²) >= 11 is 3.50. The number of ether oxygens (including phenoxy) is 1. The molecule has 3 heteroatoms. The number of hydrogen-bond donors (Lipinski definition) is 1. The Morgan fingerprint density at radius 1 is 1.50 bits per heavy atom. The predicted octanol–water partition coefficient (Wildman–Crippen LogP) is 3.28. The van der Waals surface area contributed by atoms with Crippen molar-refractivity contribution >= 4 is 15.9 Å². The molecule has 2 nitrogen and oxygen atoms in total. The summed E-state index contributed by atoms with van der Waals surface area (Å²) in [6.45, 7) is 3.97. The number of hydrogen-bond acceptors (Lipinski definition) is 2. The van der Waals surface area contributed by atoms with Gasteiger partial charge in [-0.3, -0.25) is 0 Å². The van der Waals surface area contributed by atoms with Gasteiger partial charge in [0.25, 0.3) is 0 Å². The van der Waals surface area contributed by atoms with Crippen LogP contribution >= 0.6 is 15.9 Å². The third-order valence-corrected chi connectivity index (χ3v) is 3.49. The van der Waals surface area contributed by atoms with Gasteiger partial charge in [0.15, 0.2) is 0 Å². The second-order valence-corrected chi connectivity index (χ2v) is 5.27. The largest absolute Gasteiger partial charge is 0.380 e. The van der Waals surface area contributed by atoms with Gasteiger partial charge < -0.3 is 10.1 Å². The highest BCUT2D eigenvalue weighted by molar-refractivity contribution is 9.10. The molecule has 0 saturated carbocycles. The highest BCUT2D eigenvalue weighted by Gasteiger charge is 2.16. The standard InChI is InChI=1S/C13H18BrNO/c1-10(11-4-2-5-12(14)8-11)15-13-6-3-7-16-9-13/h2,4-5,8,10,13,15H,3,6-7,9H2,1H3/t10-,13?/m0/s1. The summed E-state index contributed by atoms with van der Waals surface area (Å²) in [5, 5.41) is 3.62. The molecule has 2 atom stereocenters. The lowest BCUT2D eigenvalue weighted by Gasteiger charge is -2.27. The van der Waals surface area contributed by atoms with Gasteiger partial charge >= 0.3 is 0 Å². The van der Waals surface area contributed by atoms with Gasteiger partial charge in [-0.25, -0.2) is 0 Å². The molecule has 0 radical (unpaired) electrons. The van der Waals surface area contributed by atoms with Crippen molar-refractivity contribution in [2.75, 3.05) is 13.2 Å². The van der Waals surface area contributed by atoms with Gasteiger partial charge in [-0.1, -0.05) is 28.1 Å². The third kappa shape index (κ3) is 3.30. The molecule has 0 bridgehead atoms. The maximum atomic E-state index is 5.47. The summed E-state index contributed by atoms with van der Waals surface area (Å²) < 4.78 is 6.61. The van der Waals surface area contributed by atoms with Crippen LogP contribution in [0.1, 0.15) is 31.4 Å². The van der Waals surface area contributed by atoms with Crippen LogP contribution in [0, 0.1) is 0 Å². The van der Waals surface area contributed by atoms with Crippen LogP contribution in [0.25, 0.3) is 0 Å². The highest BCUT2D eigenvalue weighted by atomic mass is 79.9. The Morgan fingerprint density at radius 2 is 2.38 bits per heavy atom. The SMILES string of the molecule is C[C@H](NC1CCCOC1)c1cccc(Br)c1. The molecule has 2 rings (SSSR count). The topological polar surface area (TPSA) is 21.3 Å². The van der Waals surface area contributed by atoms with E-state index in [0.29, 0.717) is 12.1 Å². The normalized spacial score (nSPS) is 23.0. The van der Waals surface area contributed by atoms with E-state index in [0.717, 1.165) is 17.7 Å². The van der Waals surface area contributed by atoms with E-state index in [-0.39, 0.29) is 0 Å². The van der Waals surface area contributed by atoms with Crippen LogP contribution in [0.3, 0.4) is 0 Å². The smallest absolute Gasteiger partial charge is 0.0619 e. The van der Waals surface area contributed by atoms with Crippen LogP contribution in [0.15, 0.2) is 28.7 Å². The van der Waals surface area contributed by atoms with Crippen LogP contribution in [0.4, 0.5) is 0 Å². The minimum absolute atomic E-state index is 0.379. The molecule has 0 aliphatic carbocycles. The minimum Gasteiger partial charge on any atom is -0.380 e. The fraction of sp³-hybridized carbons (Fsp3) is 0.538. The molecule has 1 aliphatic heterocycles. The Morgan fingerprint density at radius 3 is 3.06 bits per heavy atom. The van der Waals surface area contributed by atoms with E-state index in [9.17, 15) is 0 Å². The average Bonchev–Trinajstić information content (AvgIpc) is 2.30.